The van der Waals surface area contributed by atoms with Crippen LogP contribution < -0.4 is 0 Å². The Labute approximate surface area is 329 Å². The van der Waals surface area contributed by atoms with E-state index in [0.717, 1.165) is 69.6 Å². The predicted molar refractivity (Wildman–Crippen MR) is 224 cm³/mol. The Morgan fingerprint density at radius 1 is 0.358 bits per heavy atom. The quantitative estimate of drug-likeness (QED) is 0.0352. The van der Waals surface area contributed by atoms with Crippen LogP contribution in [0.5, 0.6) is 0 Å². The SMILES string of the molecule is CCCCCCCCCCCC(=O)OC[C@@H](COC(=O)CCCCCCCCCCC(C)C)OC(=O)CCCCCCCCCCCCCCC(C)C. The van der Waals surface area contributed by atoms with E-state index in [4.69, 9.17) is 14.2 Å². The summed E-state index contributed by atoms with van der Waals surface area (Å²) in [6.45, 7) is 11.3. The smallest absolute Gasteiger partial charge is 0.306 e. The molecule has 0 aromatic rings. The fourth-order valence-corrected chi connectivity index (χ4v) is 6.93. The average Bonchev–Trinajstić information content (AvgIpc) is 3.12. The third-order valence-corrected chi connectivity index (χ3v) is 10.5. The average molecular weight is 751 g/mol. The third kappa shape index (κ3) is 41.4. The highest BCUT2D eigenvalue weighted by atomic mass is 16.6. The van der Waals surface area contributed by atoms with Gasteiger partial charge in [0, 0.05) is 19.3 Å². The summed E-state index contributed by atoms with van der Waals surface area (Å²) < 4.78 is 16.7. The monoisotopic (exact) mass is 751 g/mol. The zero-order valence-corrected chi connectivity index (χ0v) is 36.1. The minimum atomic E-state index is -0.760. The van der Waals surface area contributed by atoms with Crippen LogP contribution in [0.3, 0.4) is 0 Å². The molecule has 0 bridgehead atoms. The summed E-state index contributed by atoms with van der Waals surface area (Å²) >= 11 is 0. The maximum atomic E-state index is 12.7. The Hall–Kier alpha value is -1.59. The van der Waals surface area contributed by atoms with Crippen LogP contribution in [0.25, 0.3) is 0 Å². The first-order valence-corrected chi connectivity index (χ1v) is 23.2. The number of carbonyl (C=O) groups is 3. The zero-order chi connectivity index (χ0) is 39.0. The number of unbranched alkanes of at least 4 members (excludes halogenated alkanes) is 26. The summed E-state index contributed by atoms with van der Waals surface area (Å²) in [4.78, 5) is 37.7. The second-order valence-corrected chi connectivity index (χ2v) is 17.0. The molecule has 0 aliphatic carbocycles. The van der Waals surface area contributed by atoms with Crippen molar-refractivity contribution in [2.45, 2.75) is 259 Å². The summed E-state index contributed by atoms with van der Waals surface area (Å²) in [6, 6.07) is 0. The molecule has 314 valence electrons. The van der Waals surface area contributed by atoms with Crippen molar-refractivity contribution >= 4 is 17.9 Å². The molecule has 0 aromatic carbocycles. The molecule has 6 heteroatoms. The van der Waals surface area contributed by atoms with Gasteiger partial charge in [0.05, 0.1) is 0 Å². The van der Waals surface area contributed by atoms with Crippen LogP contribution in [0.4, 0.5) is 0 Å². The molecular weight excluding hydrogens is 661 g/mol. The first kappa shape index (κ1) is 51.4. The van der Waals surface area contributed by atoms with Crippen molar-refractivity contribution in [1.29, 1.82) is 0 Å². The van der Waals surface area contributed by atoms with E-state index in [9.17, 15) is 14.4 Å². The van der Waals surface area contributed by atoms with Crippen LogP contribution in [0.2, 0.25) is 0 Å². The molecule has 0 rings (SSSR count). The van der Waals surface area contributed by atoms with E-state index in [1.165, 1.54) is 141 Å². The lowest BCUT2D eigenvalue weighted by Crippen LogP contribution is -2.30. The van der Waals surface area contributed by atoms with Crippen molar-refractivity contribution in [3.8, 4) is 0 Å². The second kappa shape index (κ2) is 40.1. The molecule has 0 heterocycles. The van der Waals surface area contributed by atoms with Gasteiger partial charge in [0.1, 0.15) is 13.2 Å². The molecule has 0 radical (unpaired) electrons. The molecular formula is C47H90O6. The summed E-state index contributed by atoms with van der Waals surface area (Å²) in [5, 5.41) is 0. The molecule has 0 aliphatic rings. The van der Waals surface area contributed by atoms with E-state index in [1.807, 2.05) is 0 Å². The standard InChI is InChI=1S/C47H90O6/c1-6-7-8-9-10-15-22-27-32-37-45(48)51-40-44(41-52-46(49)38-33-28-23-19-18-21-26-31-36-43(4)5)53-47(50)39-34-29-24-17-14-12-11-13-16-20-25-30-35-42(2)3/h42-44H,6-41H2,1-5H3/t44-/m0/s1. The first-order chi connectivity index (χ1) is 25.7. The van der Waals surface area contributed by atoms with E-state index in [1.54, 1.807) is 0 Å². The van der Waals surface area contributed by atoms with Crippen molar-refractivity contribution in [3.63, 3.8) is 0 Å². The second-order valence-electron chi connectivity index (χ2n) is 17.0. The van der Waals surface area contributed by atoms with Gasteiger partial charge in [0.25, 0.3) is 0 Å². The van der Waals surface area contributed by atoms with Gasteiger partial charge >= 0.3 is 17.9 Å². The Kier molecular flexibility index (Phi) is 38.9. The highest BCUT2D eigenvalue weighted by Gasteiger charge is 2.19. The van der Waals surface area contributed by atoms with E-state index in [0.29, 0.717) is 19.3 Å². The van der Waals surface area contributed by atoms with E-state index in [-0.39, 0.29) is 31.1 Å². The fraction of sp³-hybridized carbons (Fsp3) is 0.936. The number of carbonyl (C=O) groups excluding carboxylic acids is 3. The van der Waals surface area contributed by atoms with Crippen LogP contribution in [0, 0.1) is 11.8 Å². The van der Waals surface area contributed by atoms with Crippen molar-refractivity contribution in [3.05, 3.63) is 0 Å². The number of esters is 3. The molecule has 0 unspecified atom stereocenters. The Bertz CT molecular complexity index is 809. The summed E-state index contributed by atoms with van der Waals surface area (Å²) in [5.41, 5.74) is 0. The highest BCUT2D eigenvalue weighted by Crippen LogP contribution is 2.16. The molecule has 0 amide bonds. The van der Waals surface area contributed by atoms with Gasteiger partial charge in [-0.05, 0) is 31.1 Å². The molecule has 0 aliphatic heterocycles. The number of hydrogen-bond donors (Lipinski definition) is 0. The van der Waals surface area contributed by atoms with Crippen molar-refractivity contribution in [1.82, 2.24) is 0 Å². The molecule has 53 heavy (non-hydrogen) atoms. The van der Waals surface area contributed by atoms with Gasteiger partial charge < -0.3 is 14.2 Å². The molecule has 1 atom stereocenters. The normalized spacial score (nSPS) is 12.1. The Balaban J connectivity index is 4.31. The van der Waals surface area contributed by atoms with Crippen LogP contribution in [0.1, 0.15) is 253 Å². The minimum Gasteiger partial charge on any atom is -0.462 e. The van der Waals surface area contributed by atoms with Gasteiger partial charge in [-0.1, -0.05) is 214 Å². The van der Waals surface area contributed by atoms with E-state index < -0.39 is 6.10 Å². The van der Waals surface area contributed by atoms with Crippen LogP contribution in [0.15, 0.2) is 0 Å². The molecule has 0 saturated carbocycles. The maximum Gasteiger partial charge on any atom is 0.306 e. The van der Waals surface area contributed by atoms with Gasteiger partial charge in [-0.2, -0.15) is 0 Å². The van der Waals surface area contributed by atoms with Gasteiger partial charge in [-0.15, -0.1) is 0 Å². The van der Waals surface area contributed by atoms with Crippen LogP contribution in [-0.4, -0.2) is 37.2 Å². The lowest BCUT2D eigenvalue weighted by Gasteiger charge is -2.18. The van der Waals surface area contributed by atoms with Crippen molar-refractivity contribution < 1.29 is 28.6 Å². The van der Waals surface area contributed by atoms with Gasteiger partial charge in [-0.3, -0.25) is 14.4 Å². The van der Waals surface area contributed by atoms with Crippen LogP contribution in [-0.2, 0) is 28.6 Å². The molecule has 0 spiro atoms. The third-order valence-electron chi connectivity index (χ3n) is 10.5. The van der Waals surface area contributed by atoms with Gasteiger partial charge in [-0.25, -0.2) is 0 Å². The molecule has 0 N–H and O–H groups in total. The summed E-state index contributed by atoms with van der Waals surface area (Å²) in [6.07, 6.45) is 38.1. The summed E-state index contributed by atoms with van der Waals surface area (Å²) in [5.74, 6) is 0.769. The van der Waals surface area contributed by atoms with Crippen LogP contribution >= 0.6 is 0 Å². The first-order valence-electron chi connectivity index (χ1n) is 23.2. The number of rotatable bonds is 41. The fourth-order valence-electron chi connectivity index (χ4n) is 6.93. The minimum absolute atomic E-state index is 0.0651. The molecule has 0 saturated heterocycles. The number of ether oxygens (including phenoxy) is 3. The topological polar surface area (TPSA) is 78.9 Å². The van der Waals surface area contributed by atoms with Gasteiger partial charge in [0.15, 0.2) is 6.10 Å². The lowest BCUT2D eigenvalue weighted by atomic mass is 10.0. The number of hydrogen-bond acceptors (Lipinski definition) is 6. The lowest BCUT2D eigenvalue weighted by molar-refractivity contribution is -0.167. The Morgan fingerprint density at radius 2 is 0.623 bits per heavy atom. The highest BCUT2D eigenvalue weighted by molar-refractivity contribution is 5.71. The van der Waals surface area contributed by atoms with E-state index in [2.05, 4.69) is 34.6 Å². The predicted octanol–water partition coefficient (Wildman–Crippen LogP) is 14.6. The molecule has 0 aromatic heterocycles. The Morgan fingerprint density at radius 3 is 0.925 bits per heavy atom. The van der Waals surface area contributed by atoms with Crippen molar-refractivity contribution in [2.75, 3.05) is 13.2 Å². The molecule has 0 fully saturated rings. The van der Waals surface area contributed by atoms with E-state index >= 15 is 0 Å². The molecule has 6 nitrogen and oxygen atoms in total. The van der Waals surface area contributed by atoms with Gasteiger partial charge in [0.2, 0.25) is 0 Å². The largest absolute Gasteiger partial charge is 0.462 e. The summed E-state index contributed by atoms with van der Waals surface area (Å²) in [7, 11) is 0. The van der Waals surface area contributed by atoms with Crippen molar-refractivity contribution in [2.24, 2.45) is 11.8 Å². The maximum absolute atomic E-state index is 12.7. The zero-order valence-electron chi connectivity index (χ0n) is 36.1.